The molecule has 96 valence electrons. The van der Waals surface area contributed by atoms with Crippen molar-refractivity contribution in [2.45, 2.75) is 32.7 Å². The van der Waals surface area contributed by atoms with E-state index in [1.807, 2.05) is 26.0 Å². The Morgan fingerprint density at radius 1 is 1.50 bits per heavy atom. The Morgan fingerprint density at radius 2 is 2.28 bits per heavy atom. The third kappa shape index (κ3) is 2.50. The molecule has 18 heavy (non-hydrogen) atoms. The minimum Gasteiger partial charge on any atom is -0.358 e. The average Bonchev–Trinajstić information content (AvgIpc) is 2.57. The van der Waals surface area contributed by atoms with E-state index < -0.39 is 6.04 Å². The Kier molecular flexibility index (Phi) is 3.60. The second-order valence-corrected chi connectivity index (χ2v) is 4.50. The zero-order chi connectivity index (χ0) is 13.1. The number of carbonyl (C=O) groups excluding carboxylic acids is 2. The van der Waals surface area contributed by atoms with Gasteiger partial charge in [-0.1, -0.05) is 6.92 Å². The normalized spacial score (nSPS) is 19.4. The molecular weight excluding hydrogens is 230 g/mol. The van der Waals surface area contributed by atoms with Crippen molar-refractivity contribution >= 4 is 17.6 Å². The number of carbonyl (C=O) groups is 2. The standard InChI is InChI=1S/C13H17N3O2/c1-3-6-16-12(17)8-10(13(16)18)15-11-7-9(2)4-5-14-11/h4-5,7,10H,3,6,8H2,1-2H3,(H,14,15). The molecule has 0 aliphatic carbocycles. The summed E-state index contributed by atoms with van der Waals surface area (Å²) in [4.78, 5) is 29.2. The zero-order valence-electron chi connectivity index (χ0n) is 10.6. The molecule has 1 fully saturated rings. The van der Waals surface area contributed by atoms with Crippen LogP contribution in [0.3, 0.4) is 0 Å². The van der Waals surface area contributed by atoms with Crippen molar-refractivity contribution in [3.8, 4) is 0 Å². The molecule has 0 bridgehead atoms. The minimum absolute atomic E-state index is 0.105. The van der Waals surface area contributed by atoms with E-state index in [0.717, 1.165) is 12.0 Å². The average molecular weight is 247 g/mol. The molecule has 1 aromatic heterocycles. The monoisotopic (exact) mass is 247 g/mol. The Hall–Kier alpha value is -1.91. The molecule has 0 spiro atoms. The summed E-state index contributed by atoms with van der Waals surface area (Å²) in [7, 11) is 0. The van der Waals surface area contributed by atoms with Gasteiger partial charge < -0.3 is 5.32 Å². The Morgan fingerprint density at radius 3 is 2.94 bits per heavy atom. The Labute approximate surface area is 106 Å². The van der Waals surface area contributed by atoms with E-state index in [0.29, 0.717) is 12.4 Å². The fourth-order valence-corrected chi connectivity index (χ4v) is 2.05. The second-order valence-electron chi connectivity index (χ2n) is 4.50. The number of pyridine rings is 1. The van der Waals surface area contributed by atoms with Crippen LogP contribution in [0.25, 0.3) is 0 Å². The van der Waals surface area contributed by atoms with E-state index in [2.05, 4.69) is 10.3 Å². The molecular formula is C13H17N3O2. The van der Waals surface area contributed by atoms with Crippen LogP contribution in [0.1, 0.15) is 25.3 Å². The Bertz CT molecular complexity index is 473. The van der Waals surface area contributed by atoms with Gasteiger partial charge in [-0.15, -0.1) is 0 Å². The summed E-state index contributed by atoms with van der Waals surface area (Å²) >= 11 is 0. The molecule has 1 unspecified atom stereocenters. The number of hydrogen-bond donors (Lipinski definition) is 1. The number of nitrogens with one attached hydrogen (secondary N) is 1. The van der Waals surface area contributed by atoms with Gasteiger partial charge in [-0.05, 0) is 31.0 Å². The van der Waals surface area contributed by atoms with E-state index >= 15 is 0 Å². The summed E-state index contributed by atoms with van der Waals surface area (Å²) in [5.41, 5.74) is 1.06. The first-order valence-electron chi connectivity index (χ1n) is 6.15. The van der Waals surface area contributed by atoms with E-state index in [9.17, 15) is 9.59 Å². The molecule has 0 aromatic carbocycles. The van der Waals surface area contributed by atoms with E-state index in [1.165, 1.54) is 4.90 Å². The van der Waals surface area contributed by atoms with Crippen molar-refractivity contribution in [3.05, 3.63) is 23.9 Å². The molecule has 0 saturated carbocycles. The molecule has 1 N–H and O–H groups in total. The zero-order valence-corrected chi connectivity index (χ0v) is 10.6. The fourth-order valence-electron chi connectivity index (χ4n) is 2.05. The SMILES string of the molecule is CCCN1C(=O)CC(Nc2cc(C)ccn2)C1=O. The summed E-state index contributed by atoms with van der Waals surface area (Å²) in [6.07, 6.45) is 2.68. The van der Waals surface area contributed by atoms with Crippen LogP contribution in [0.15, 0.2) is 18.3 Å². The molecule has 2 rings (SSSR count). The maximum atomic E-state index is 12.0. The highest BCUT2D eigenvalue weighted by atomic mass is 16.2. The van der Waals surface area contributed by atoms with Crippen molar-refractivity contribution in [1.82, 2.24) is 9.88 Å². The lowest BCUT2D eigenvalue weighted by Crippen LogP contribution is -2.35. The topological polar surface area (TPSA) is 62.3 Å². The van der Waals surface area contributed by atoms with E-state index in [-0.39, 0.29) is 18.2 Å². The van der Waals surface area contributed by atoms with Gasteiger partial charge in [-0.2, -0.15) is 0 Å². The summed E-state index contributed by atoms with van der Waals surface area (Å²) in [6.45, 7) is 4.40. The van der Waals surface area contributed by atoms with E-state index in [4.69, 9.17) is 0 Å². The summed E-state index contributed by atoms with van der Waals surface area (Å²) in [6, 6.07) is 3.27. The number of rotatable bonds is 4. The maximum Gasteiger partial charge on any atom is 0.252 e. The molecule has 1 aliphatic heterocycles. The molecule has 2 heterocycles. The lowest BCUT2D eigenvalue weighted by Gasteiger charge is -2.14. The van der Waals surface area contributed by atoms with Crippen molar-refractivity contribution in [2.75, 3.05) is 11.9 Å². The van der Waals surface area contributed by atoms with Gasteiger partial charge >= 0.3 is 0 Å². The summed E-state index contributed by atoms with van der Waals surface area (Å²) < 4.78 is 0. The minimum atomic E-state index is -0.474. The quantitative estimate of drug-likeness (QED) is 0.816. The van der Waals surface area contributed by atoms with Crippen molar-refractivity contribution in [3.63, 3.8) is 0 Å². The van der Waals surface area contributed by atoms with Gasteiger partial charge in [0.1, 0.15) is 11.9 Å². The van der Waals surface area contributed by atoms with Crippen LogP contribution in [0, 0.1) is 6.92 Å². The molecule has 1 atom stereocenters. The lowest BCUT2D eigenvalue weighted by atomic mass is 10.2. The largest absolute Gasteiger partial charge is 0.358 e. The van der Waals surface area contributed by atoms with Crippen LogP contribution in [-0.2, 0) is 9.59 Å². The van der Waals surface area contributed by atoms with Crippen molar-refractivity contribution in [2.24, 2.45) is 0 Å². The smallest absolute Gasteiger partial charge is 0.252 e. The number of hydrogen-bond acceptors (Lipinski definition) is 4. The molecule has 2 amide bonds. The first kappa shape index (κ1) is 12.5. The van der Waals surface area contributed by atoms with Crippen LogP contribution in [0.2, 0.25) is 0 Å². The van der Waals surface area contributed by atoms with E-state index in [1.54, 1.807) is 6.20 Å². The van der Waals surface area contributed by atoms with Gasteiger partial charge in [0.25, 0.3) is 5.91 Å². The highest BCUT2D eigenvalue weighted by molar-refractivity contribution is 6.06. The number of aromatic nitrogens is 1. The van der Waals surface area contributed by atoms with Gasteiger partial charge in [-0.25, -0.2) is 4.98 Å². The summed E-state index contributed by atoms with van der Waals surface area (Å²) in [5.74, 6) is 0.386. The molecule has 0 radical (unpaired) electrons. The van der Waals surface area contributed by atoms with Crippen LogP contribution < -0.4 is 5.32 Å². The third-order valence-corrected chi connectivity index (χ3v) is 2.93. The number of imide groups is 1. The van der Waals surface area contributed by atoms with Gasteiger partial charge in [0.15, 0.2) is 0 Å². The Balaban J connectivity index is 2.07. The van der Waals surface area contributed by atoms with Crippen LogP contribution >= 0.6 is 0 Å². The highest BCUT2D eigenvalue weighted by Gasteiger charge is 2.37. The molecule has 1 saturated heterocycles. The lowest BCUT2D eigenvalue weighted by molar-refractivity contribution is -0.138. The molecule has 5 nitrogen and oxygen atoms in total. The molecule has 5 heteroatoms. The molecule has 1 aliphatic rings. The molecule has 1 aromatic rings. The maximum absolute atomic E-state index is 12.0. The number of nitrogens with zero attached hydrogens (tertiary/aromatic N) is 2. The van der Waals surface area contributed by atoms with Gasteiger partial charge in [0.2, 0.25) is 5.91 Å². The van der Waals surface area contributed by atoms with Crippen molar-refractivity contribution in [1.29, 1.82) is 0 Å². The predicted molar refractivity (Wildman–Crippen MR) is 68.0 cm³/mol. The van der Waals surface area contributed by atoms with Gasteiger partial charge in [0, 0.05) is 12.7 Å². The predicted octanol–water partition coefficient (Wildman–Crippen LogP) is 1.34. The first-order chi connectivity index (χ1) is 8.61. The van der Waals surface area contributed by atoms with Crippen LogP contribution in [0.5, 0.6) is 0 Å². The van der Waals surface area contributed by atoms with Gasteiger partial charge in [-0.3, -0.25) is 14.5 Å². The van der Waals surface area contributed by atoms with Gasteiger partial charge in [0.05, 0.1) is 6.42 Å². The van der Waals surface area contributed by atoms with Crippen LogP contribution in [-0.4, -0.2) is 34.3 Å². The number of aryl methyl sites for hydroxylation is 1. The second kappa shape index (κ2) is 5.16. The number of likely N-dealkylation sites (tertiary alicyclic amines) is 1. The number of amides is 2. The number of anilines is 1. The van der Waals surface area contributed by atoms with Crippen molar-refractivity contribution < 1.29 is 9.59 Å². The summed E-state index contributed by atoms with van der Waals surface area (Å²) in [5, 5.41) is 3.03. The highest BCUT2D eigenvalue weighted by Crippen LogP contribution is 2.17. The van der Waals surface area contributed by atoms with Crippen LogP contribution in [0.4, 0.5) is 5.82 Å². The third-order valence-electron chi connectivity index (χ3n) is 2.93. The fraction of sp³-hybridized carbons (Fsp3) is 0.462. The first-order valence-corrected chi connectivity index (χ1v) is 6.15.